The van der Waals surface area contributed by atoms with Gasteiger partial charge in [-0.3, -0.25) is 0 Å². The van der Waals surface area contributed by atoms with E-state index in [1.165, 1.54) is 0 Å². The summed E-state index contributed by atoms with van der Waals surface area (Å²) in [7, 11) is -2.94. The van der Waals surface area contributed by atoms with Crippen molar-refractivity contribution in [1.29, 1.82) is 0 Å². The summed E-state index contributed by atoms with van der Waals surface area (Å²) in [6.45, 7) is 1.76. The monoisotopic (exact) mass is 364 g/mol. The number of hydrogen-bond donors (Lipinski definition) is 0. The molecule has 0 saturated carbocycles. The predicted molar refractivity (Wildman–Crippen MR) is 89.3 cm³/mol. The molecule has 0 N–H and O–H groups in total. The first-order valence-corrected chi connectivity index (χ1v) is 9.01. The van der Waals surface area contributed by atoms with E-state index in [2.05, 4.69) is 14.4 Å². The first-order valence-electron chi connectivity index (χ1n) is 6.74. The fourth-order valence-corrected chi connectivity index (χ4v) is 5.06. The van der Waals surface area contributed by atoms with Crippen LogP contribution in [0.15, 0.2) is 56.6 Å². The van der Waals surface area contributed by atoms with E-state index in [0.29, 0.717) is 37.3 Å². The molecule has 2 heterocycles. The maximum atomic E-state index is 13.7. The van der Waals surface area contributed by atoms with Crippen LogP contribution in [0.1, 0.15) is 5.82 Å². The predicted octanol–water partition coefficient (Wildman–Crippen LogP) is 4.41. The second-order valence-corrected chi connectivity index (χ2v) is 8.08. The highest BCUT2D eigenvalue weighted by molar-refractivity contribution is 7.94. The van der Waals surface area contributed by atoms with Crippen LogP contribution in [-0.4, -0.2) is 19.0 Å². The zero-order valence-corrected chi connectivity index (χ0v) is 14.2. The average Bonchev–Trinajstić information content (AvgIpc) is 2.87. The molecule has 0 fully saturated rings. The average molecular weight is 365 g/mol. The fourth-order valence-electron chi connectivity index (χ4n) is 2.49. The molecule has 1 aliphatic heterocycles. The fraction of sp³-hybridized carbons (Fsp3) is 0.0667. The highest BCUT2D eigenvalue weighted by Crippen LogP contribution is 2.38. The summed E-state index contributed by atoms with van der Waals surface area (Å²) in [4.78, 5) is 5.27. The second kappa shape index (κ2) is 5.06. The van der Waals surface area contributed by atoms with Crippen molar-refractivity contribution < 1.29 is 4.21 Å². The molecular formula is C15H10Cl2N4OS. The van der Waals surface area contributed by atoms with Crippen LogP contribution in [0.5, 0.6) is 0 Å². The van der Waals surface area contributed by atoms with Gasteiger partial charge in [0.15, 0.2) is 0 Å². The van der Waals surface area contributed by atoms with Crippen molar-refractivity contribution in [3.63, 3.8) is 0 Å². The van der Waals surface area contributed by atoms with E-state index in [1.807, 2.05) is 0 Å². The molecule has 0 radical (unpaired) electrons. The van der Waals surface area contributed by atoms with Gasteiger partial charge in [-0.25, -0.2) is 4.21 Å². The standard InChI is InChI=1S/C15H10Cl2N4OS/c1-9-18-15-20-23(22,12-4-2-3-10(16)7-12)14-8-11(17)5-6-13(14)21(15)19-9/h2-8H,1H3. The topological polar surface area (TPSA) is 60.1 Å². The minimum atomic E-state index is -2.94. The molecule has 2 aromatic carbocycles. The molecule has 0 saturated heterocycles. The van der Waals surface area contributed by atoms with E-state index in [9.17, 15) is 4.21 Å². The highest BCUT2D eigenvalue weighted by atomic mass is 35.5. The number of rotatable bonds is 1. The van der Waals surface area contributed by atoms with Gasteiger partial charge < -0.3 is 0 Å². The highest BCUT2D eigenvalue weighted by Gasteiger charge is 2.29. The molecular weight excluding hydrogens is 355 g/mol. The van der Waals surface area contributed by atoms with Gasteiger partial charge in [0.2, 0.25) is 0 Å². The van der Waals surface area contributed by atoms with E-state index < -0.39 is 9.73 Å². The van der Waals surface area contributed by atoms with Gasteiger partial charge in [0.1, 0.15) is 15.6 Å². The Morgan fingerprint density at radius 3 is 2.65 bits per heavy atom. The van der Waals surface area contributed by atoms with E-state index in [1.54, 1.807) is 54.1 Å². The SMILES string of the molecule is Cc1nc2n(n1)-c1ccc(Cl)cc1S(=O)(c1cccc(Cl)c1)=N2. The van der Waals surface area contributed by atoms with Crippen LogP contribution in [0.4, 0.5) is 5.95 Å². The first kappa shape index (κ1) is 14.7. The minimum Gasteiger partial charge on any atom is -0.239 e. The molecule has 1 aromatic heterocycles. The van der Waals surface area contributed by atoms with Crippen molar-refractivity contribution in [2.75, 3.05) is 0 Å². The van der Waals surface area contributed by atoms with Crippen LogP contribution < -0.4 is 0 Å². The molecule has 1 aliphatic rings. The van der Waals surface area contributed by atoms with Gasteiger partial charge >= 0.3 is 0 Å². The lowest BCUT2D eigenvalue weighted by Gasteiger charge is -2.19. The maximum Gasteiger partial charge on any atom is 0.261 e. The normalized spacial score (nSPS) is 18.9. The zero-order chi connectivity index (χ0) is 16.2. The third-order valence-corrected chi connectivity index (χ3v) is 6.18. The quantitative estimate of drug-likeness (QED) is 0.502. The third kappa shape index (κ3) is 2.25. The Labute approximate surface area is 143 Å². The van der Waals surface area contributed by atoms with Crippen LogP contribution >= 0.6 is 23.2 Å². The van der Waals surface area contributed by atoms with Gasteiger partial charge in [0, 0.05) is 10.0 Å². The summed E-state index contributed by atoms with van der Waals surface area (Å²) < 4.78 is 19.7. The number of hydrogen-bond acceptors (Lipinski definition) is 4. The van der Waals surface area contributed by atoms with Gasteiger partial charge in [-0.15, -0.1) is 5.10 Å². The van der Waals surface area contributed by atoms with Crippen LogP contribution in [0, 0.1) is 6.92 Å². The second-order valence-electron chi connectivity index (χ2n) is 5.06. The van der Waals surface area contributed by atoms with Gasteiger partial charge in [0.05, 0.1) is 15.5 Å². The van der Waals surface area contributed by atoms with Crippen molar-refractivity contribution in [2.45, 2.75) is 16.7 Å². The van der Waals surface area contributed by atoms with Gasteiger partial charge in [0.25, 0.3) is 5.95 Å². The maximum absolute atomic E-state index is 13.7. The van der Waals surface area contributed by atoms with Crippen LogP contribution in [-0.2, 0) is 9.73 Å². The lowest BCUT2D eigenvalue weighted by Crippen LogP contribution is -2.13. The Kier molecular flexibility index (Phi) is 3.23. The summed E-state index contributed by atoms with van der Waals surface area (Å²) in [6.07, 6.45) is 0. The number of fused-ring (bicyclic) bond motifs is 3. The molecule has 23 heavy (non-hydrogen) atoms. The van der Waals surface area contributed by atoms with E-state index in [-0.39, 0.29) is 0 Å². The molecule has 0 spiro atoms. The molecule has 3 aromatic rings. The van der Waals surface area contributed by atoms with E-state index in [4.69, 9.17) is 23.2 Å². The van der Waals surface area contributed by atoms with Gasteiger partial charge in [-0.05, 0) is 43.3 Å². The summed E-state index contributed by atoms with van der Waals surface area (Å²) >= 11 is 12.2. The first-order chi connectivity index (χ1) is 11.0. The molecule has 116 valence electrons. The van der Waals surface area contributed by atoms with Crippen molar-refractivity contribution in [3.8, 4) is 5.69 Å². The zero-order valence-electron chi connectivity index (χ0n) is 11.9. The van der Waals surface area contributed by atoms with Gasteiger partial charge in [-0.2, -0.15) is 14.0 Å². The van der Waals surface area contributed by atoms with Crippen LogP contribution in [0.3, 0.4) is 0 Å². The Morgan fingerprint density at radius 1 is 1.09 bits per heavy atom. The van der Waals surface area contributed by atoms with Gasteiger partial charge in [-0.1, -0.05) is 29.3 Å². The van der Waals surface area contributed by atoms with Crippen LogP contribution in [0.2, 0.25) is 10.0 Å². The summed E-state index contributed by atoms with van der Waals surface area (Å²) in [5, 5.41) is 5.29. The van der Waals surface area contributed by atoms with Crippen molar-refractivity contribution in [2.24, 2.45) is 4.36 Å². The smallest absolute Gasteiger partial charge is 0.239 e. The molecule has 5 nitrogen and oxygen atoms in total. The lowest BCUT2D eigenvalue weighted by molar-refractivity contribution is 0.672. The Bertz CT molecular complexity index is 1070. The molecule has 0 amide bonds. The Morgan fingerprint density at radius 2 is 1.87 bits per heavy atom. The molecule has 8 heteroatoms. The van der Waals surface area contributed by atoms with Crippen molar-refractivity contribution in [3.05, 3.63) is 58.3 Å². The van der Waals surface area contributed by atoms with E-state index in [0.717, 1.165) is 0 Å². The molecule has 1 atom stereocenters. The number of aryl methyl sites for hydroxylation is 1. The number of aromatic nitrogens is 3. The number of nitrogens with zero attached hydrogens (tertiary/aromatic N) is 4. The Balaban J connectivity index is 2.13. The third-order valence-electron chi connectivity index (χ3n) is 3.47. The summed E-state index contributed by atoms with van der Waals surface area (Å²) in [5.74, 6) is 0.863. The number of benzene rings is 2. The van der Waals surface area contributed by atoms with E-state index >= 15 is 0 Å². The van der Waals surface area contributed by atoms with Crippen LogP contribution in [0.25, 0.3) is 5.69 Å². The minimum absolute atomic E-state index is 0.308. The lowest BCUT2D eigenvalue weighted by atomic mass is 10.3. The Hall–Kier alpha value is -1.89. The summed E-state index contributed by atoms with van der Waals surface area (Å²) in [5.41, 5.74) is 0.657. The molecule has 4 rings (SSSR count). The molecule has 0 bridgehead atoms. The number of halogens is 2. The molecule has 0 aliphatic carbocycles. The summed E-state index contributed by atoms with van der Waals surface area (Å²) in [6, 6.07) is 12.0. The van der Waals surface area contributed by atoms with Crippen molar-refractivity contribution in [1.82, 2.24) is 14.8 Å². The molecule has 1 unspecified atom stereocenters. The van der Waals surface area contributed by atoms with Crippen molar-refractivity contribution >= 4 is 38.9 Å². The largest absolute Gasteiger partial charge is 0.261 e.